The number of aliphatic hydroxyl groups excluding tert-OH is 1. The fourth-order valence-corrected chi connectivity index (χ4v) is 5.43. The first kappa shape index (κ1) is 24.5. The number of hydrogen-bond donors (Lipinski definition) is 2. The maximum absolute atomic E-state index is 13.4. The molecule has 2 N–H and O–H groups in total. The van der Waals surface area contributed by atoms with Crippen LogP contribution in [0, 0.1) is 5.41 Å². The summed E-state index contributed by atoms with van der Waals surface area (Å²) in [5.41, 5.74) is 0.882. The minimum absolute atomic E-state index is 0.0310. The number of fused-ring (bicyclic) bond motifs is 1. The quantitative estimate of drug-likeness (QED) is 0.261. The van der Waals surface area contributed by atoms with E-state index in [1.54, 1.807) is 12.1 Å². The summed E-state index contributed by atoms with van der Waals surface area (Å²) in [5.74, 6) is -2.11. The maximum Gasteiger partial charge on any atom is 0.340 e. The first-order valence-electron chi connectivity index (χ1n) is 10.1. The van der Waals surface area contributed by atoms with Crippen LogP contribution in [0.1, 0.15) is 36.2 Å². The van der Waals surface area contributed by atoms with E-state index in [9.17, 15) is 23.1 Å². The molecule has 3 rings (SSSR count). The van der Waals surface area contributed by atoms with E-state index >= 15 is 0 Å². The van der Waals surface area contributed by atoms with Crippen LogP contribution in [0.5, 0.6) is 0 Å². The Kier molecular flexibility index (Phi) is 7.24. The second-order valence-corrected chi connectivity index (χ2v) is 9.80. The predicted molar refractivity (Wildman–Crippen MR) is 125 cm³/mol. The Hall–Kier alpha value is -3.17. The number of esters is 1. The average molecular weight is 491 g/mol. The number of aryl methyl sites for hydroxylation is 1. The van der Waals surface area contributed by atoms with E-state index < -0.39 is 34.1 Å². The van der Waals surface area contributed by atoms with Crippen LogP contribution in [-0.2, 0) is 26.0 Å². The van der Waals surface area contributed by atoms with Crippen LogP contribution >= 0.6 is 11.6 Å². The number of anilines is 1. The average Bonchev–Trinajstić information content (AvgIpc) is 2.76. The van der Waals surface area contributed by atoms with Crippen molar-refractivity contribution in [2.45, 2.75) is 31.6 Å². The topological polar surface area (TPSA) is 125 Å². The summed E-state index contributed by atoms with van der Waals surface area (Å²) in [5, 5.41) is 17.6. The summed E-state index contributed by atoms with van der Waals surface area (Å²) in [6.07, 6.45) is 1.43. The molecule has 0 atom stereocenters. The number of ether oxygens (including phenoxy) is 1. The molecule has 8 nitrogen and oxygen atoms in total. The zero-order valence-corrected chi connectivity index (χ0v) is 19.7. The lowest BCUT2D eigenvalue weighted by molar-refractivity contribution is -0.113. The molecular weight excluding hydrogens is 468 g/mol. The number of hydrogen-bond acceptors (Lipinski definition) is 7. The number of nitrogens with zero attached hydrogens (tertiary/aromatic N) is 1. The van der Waals surface area contributed by atoms with Crippen LogP contribution in [0.2, 0.25) is 5.02 Å². The summed E-state index contributed by atoms with van der Waals surface area (Å²) in [6.45, 7) is 2.13. The minimum atomic E-state index is -3.98. The molecule has 174 valence electrons. The Morgan fingerprint density at radius 1 is 1.18 bits per heavy atom. The highest BCUT2D eigenvalue weighted by molar-refractivity contribution is 7.92. The Labute approximate surface area is 197 Å². The number of allylic oxidation sites excluding steroid dienone is 1. The van der Waals surface area contributed by atoms with Gasteiger partial charge >= 0.3 is 5.97 Å². The van der Waals surface area contributed by atoms with Gasteiger partial charge in [-0.25, -0.2) is 13.2 Å². The Morgan fingerprint density at radius 2 is 1.88 bits per heavy atom. The lowest BCUT2D eigenvalue weighted by atomic mass is 10.0. The summed E-state index contributed by atoms with van der Waals surface area (Å²) in [7, 11) is -3.98. The predicted octanol–water partition coefficient (Wildman–Crippen LogP) is 4.08. The molecule has 33 heavy (non-hydrogen) atoms. The molecule has 2 aromatic carbocycles. The second kappa shape index (κ2) is 9.76. The molecule has 10 heteroatoms. The van der Waals surface area contributed by atoms with Gasteiger partial charge in [-0.05, 0) is 56.5 Å². The number of carbonyl (C=O) groups excluding carboxylic acids is 2. The van der Waals surface area contributed by atoms with Gasteiger partial charge < -0.3 is 15.3 Å². The molecular formula is C23H23ClN2O6S. The van der Waals surface area contributed by atoms with E-state index in [-0.39, 0.29) is 26.8 Å². The van der Waals surface area contributed by atoms with Crippen molar-refractivity contribution >= 4 is 44.8 Å². The third-order valence-corrected chi connectivity index (χ3v) is 7.31. The molecule has 1 heterocycles. The van der Waals surface area contributed by atoms with Gasteiger partial charge in [0.2, 0.25) is 0 Å². The number of sulfonamides is 1. The van der Waals surface area contributed by atoms with Gasteiger partial charge in [0.05, 0.1) is 26.7 Å². The van der Waals surface area contributed by atoms with Gasteiger partial charge in [-0.3, -0.25) is 9.10 Å². The van der Waals surface area contributed by atoms with E-state index in [0.29, 0.717) is 18.7 Å². The number of aliphatic hydroxyl groups is 1. The van der Waals surface area contributed by atoms with Gasteiger partial charge in [0.25, 0.3) is 10.0 Å². The molecule has 0 aliphatic carbocycles. The molecule has 1 aliphatic heterocycles. The molecule has 0 radical (unpaired) electrons. The van der Waals surface area contributed by atoms with Crippen molar-refractivity contribution in [3.05, 3.63) is 69.9 Å². The standard InChI is InChI=1S/C23H23ClN2O6S/c1-14(25)22(15(2)27)21(28)13-32-23(29)18-12-17(9-10-19(18)24)33(30,31)26-11-5-7-16-6-3-4-8-20(16)26/h3-4,6,8-10,12,25,28H,5,7,11,13H2,1-2H3/b22-21-,25-14?. The van der Waals surface area contributed by atoms with Crippen molar-refractivity contribution in [2.75, 3.05) is 17.5 Å². The SMILES string of the molecule is CC(=N)/C(C(C)=O)=C(/O)COC(=O)c1cc(S(=O)(=O)N2CCCc3ccccc32)ccc1Cl. The van der Waals surface area contributed by atoms with Gasteiger partial charge in [0.1, 0.15) is 12.4 Å². The molecule has 0 aromatic heterocycles. The van der Waals surface area contributed by atoms with Crippen LogP contribution in [0.25, 0.3) is 0 Å². The van der Waals surface area contributed by atoms with Crippen molar-refractivity contribution in [3.8, 4) is 0 Å². The van der Waals surface area contributed by atoms with E-state index in [4.69, 9.17) is 21.7 Å². The van der Waals surface area contributed by atoms with Gasteiger partial charge in [-0.15, -0.1) is 0 Å². The highest BCUT2D eigenvalue weighted by Crippen LogP contribution is 2.33. The van der Waals surface area contributed by atoms with Gasteiger partial charge in [-0.1, -0.05) is 29.8 Å². The largest absolute Gasteiger partial charge is 0.508 e. The second-order valence-electron chi connectivity index (χ2n) is 7.53. The van der Waals surface area contributed by atoms with Crippen LogP contribution < -0.4 is 4.31 Å². The third kappa shape index (κ3) is 5.09. The highest BCUT2D eigenvalue weighted by Gasteiger charge is 2.30. The van der Waals surface area contributed by atoms with Crippen molar-refractivity contribution < 1.29 is 27.9 Å². The molecule has 0 unspecified atom stereocenters. The number of halogens is 1. The zero-order valence-electron chi connectivity index (χ0n) is 18.1. The summed E-state index contributed by atoms with van der Waals surface area (Å²) in [6, 6.07) is 11.0. The van der Waals surface area contributed by atoms with E-state index in [2.05, 4.69) is 0 Å². The Balaban J connectivity index is 1.90. The molecule has 0 spiro atoms. The van der Waals surface area contributed by atoms with Crippen LogP contribution in [0.3, 0.4) is 0 Å². The Bertz CT molecular complexity index is 1250. The molecule has 0 saturated heterocycles. The fourth-order valence-electron chi connectivity index (χ4n) is 3.66. The van der Waals surface area contributed by atoms with Gasteiger partial charge in [-0.2, -0.15) is 0 Å². The first-order chi connectivity index (χ1) is 15.5. The monoisotopic (exact) mass is 490 g/mol. The van der Waals surface area contributed by atoms with E-state index in [1.807, 2.05) is 12.1 Å². The molecule has 1 aliphatic rings. The fraction of sp³-hybridized carbons (Fsp3) is 0.261. The lowest BCUT2D eigenvalue weighted by Gasteiger charge is -2.30. The van der Waals surface area contributed by atoms with Crippen LogP contribution in [0.15, 0.2) is 58.7 Å². The maximum atomic E-state index is 13.4. The zero-order chi connectivity index (χ0) is 24.3. The highest BCUT2D eigenvalue weighted by atomic mass is 35.5. The van der Waals surface area contributed by atoms with Crippen LogP contribution in [0.4, 0.5) is 5.69 Å². The summed E-state index contributed by atoms with van der Waals surface area (Å²) < 4.78 is 33.1. The molecule has 0 fully saturated rings. The normalized spacial score (nSPS) is 14.2. The van der Waals surface area contributed by atoms with Crippen molar-refractivity contribution in [1.29, 1.82) is 5.41 Å². The number of rotatable bonds is 7. The van der Waals surface area contributed by atoms with E-state index in [0.717, 1.165) is 18.1 Å². The Morgan fingerprint density at radius 3 is 2.55 bits per heavy atom. The van der Waals surface area contributed by atoms with Gasteiger partial charge in [0.15, 0.2) is 5.78 Å². The summed E-state index contributed by atoms with van der Waals surface area (Å²) in [4.78, 5) is 24.1. The third-order valence-electron chi connectivity index (χ3n) is 5.17. The van der Waals surface area contributed by atoms with Crippen LogP contribution in [-0.4, -0.2) is 44.1 Å². The smallest absolute Gasteiger partial charge is 0.340 e. The molecule has 2 aromatic rings. The van der Waals surface area contributed by atoms with Crippen molar-refractivity contribution in [3.63, 3.8) is 0 Å². The number of Topliss-reactive ketones (excluding diaryl/α,β-unsaturated/α-hetero) is 1. The number of ketones is 1. The van der Waals surface area contributed by atoms with Gasteiger partial charge in [0, 0.05) is 12.3 Å². The number of nitrogens with one attached hydrogen (secondary N) is 1. The number of para-hydroxylation sites is 1. The minimum Gasteiger partial charge on any atom is -0.508 e. The van der Waals surface area contributed by atoms with E-state index in [1.165, 1.54) is 30.3 Å². The molecule has 0 saturated carbocycles. The summed E-state index contributed by atoms with van der Waals surface area (Å²) >= 11 is 6.11. The molecule has 0 bridgehead atoms. The van der Waals surface area contributed by atoms with Crippen molar-refractivity contribution in [2.24, 2.45) is 0 Å². The number of carbonyl (C=O) groups is 2. The first-order valence-corrected chi connectivity index (χ1v) is 11.9. The number of benzene rings is 2. The lowest BCUT2D eigenvalue weighted by Crippen LogP contribution is -2.35. The van der Waals surface area contributed by atoms with Crippen molar-refractivity contribution in [1.82, 2.24) is 0 Å². The molecule has 0 amide bonds.